The Hall–Kier alpha value is -2.66. The van der Waals surface area contributed by atoms with Crippen molar-refractivity contribution in [3.63, 3.8) is 0 Å². The molecule has 2 aromatic heterocycles. The van der Waals surface area contributed by atoms with Gasteiger partial charge in [-0.2, -0.15) is 0 Å². The number of fused-ring (bicyclic) bond motifs is 3. The molecule has 1 aliphatic rings. The number of aromatic nitrogens is 1. The van der Waals surface area contributed by atoms with Crippen LogP contribution in [0.15, 0.2) is 34.6 Å². The van der Waals surface area contributed by atoms with E-state index in [4.69, 9.17) is 4.99 Å². The molecule has 160 valence electrons. The fourth-order valence-electron chi connectivity index (χ4n) is 4.12. The van der Waals surface area contributed by atoms with E-state index >= 15 is 0 Å². The Morgan fingerprint density at radius 3 is 2.19 bits per heavy atom. The molecule has 0 saturated carbocycles. The van der Waals surface area contributed by atoms with Crippen LogP contribution in [0.5, 0.6) is 0 Å². The van der Waals surface area contributed by atoms with Gasteiger partial charge in [-0.1, -0.05) is 27.7 Å². The van der Waals surface area contributed by atoms with Crippen molar-refractivity contribution in [2.75, 3.05) is 0 Å². The molecule has 1 aromatic carbocycles. The maximum Gasteiger partial charge on any atom is 0.181 e. The van der Waals surface area contributed by atoms with Gasteiger partial charge in [-0.05, 0) is 60.5 Å². The summed E-state index contributed by atoms with van der Waals surface area (Å²) in [6, 6.07) is 8.04. The molecule has 1 aliphatic heterocycles. The van der Waals surface area contributed by atoms with Crippen molar-refractivity contribution in [1.29, 1.82) is 0 Å². The van der Waals surface area contributed by atoms with Gasteiger partial charge in [0.1, 0.15) is 11.4 Å². The van der Waals surface area contributed by atoms with Crippen LogP contribution in [0.25, 0.3) is 21.2 Å². The Morgan fingerprint density at radius 1 is 1.00 bits per heavy atom. The largest absolute Gasteiger partial charge is 0.292 e. The van der Waals surface area contributed by atoms with Crippen molar-refractivity contribution >= 4 is 44.4 Å². The van der Waals surface area contributed by atoms with Gasteiger partial charge >= 0.3 is 0 Å². The summed E-state index contributed by atoms with van der Waals surface area (Å²) in [5.41, 5.74) is 5.86. The van der Waals surface area contributed by atoms with Crippen LogP contribution in [0.2, 0.25) is 0 Å². The number of hydrogen-bond donors (Lipinski definition) is 0. The van der Waals surface area contributed by atoms with E-state index in [1.165, 1.54) is 5.56 Å². The molecule has 31 heavy (non-hydrogen) atoms. The van der Waals surface area contributed by atoms with Crippen LogP contribution in [-0.2, 0) is 5.41 Å². The third kappa shape index (κ3) is 3.65. The summed E-state index contributed by atoms with van der Waals surface area (Å²) in [5.74, 6) is -0.0315. The standard InChI is InChI=1S/C26H28N2O2S/c1-6-8-22(29)20-12-16(13-21(28-20)23(30)9-7-2)18-14-19-24(17-10-11-31-25(17)18)27-15(3)26(19,4)5/h10-14H,6-9H2,1-5H3. The average molecular weight is 433 g/mol. The van der Waals surface area contributed by atoms with E-state index in [-0.39, 0.29) is 17.0 Å². The molecule has 0 amide bonds. The van der Waals surface area contributed by atoms with E-state index in [1.807, 2.05) is 26.0 Å². The predicted octanol–water partition coefficient (Wildman–Crippen LogP) is 7.31. The third-order valence-electron chi connectivity index (χ3n) is 6.23. The number of ketones is 2. The maximum absolute atomic E-state index is 12.7. The molecule has 5 heteroatoms. The molecule has 0 bridgehead atoms. The minimum absolute atomic E-state index is 0.0158. The van der Waals surface area contributed by atoms with Gasteiger partial charge in [0.15, 0.2) is 11.6 Å². The van der Waals surface area contributed by atoms with Gasteiger partial charge in [0.05, 0.1) is 5.69 Å². The zero-order chi connectivity index (χ0) is 22.3. The Kier molecular flexibility index (Phi) is 5.65. The summed E-state index contributed by atoms with van der Waals surface area (Å²) in [5, 5.41) is 3.21. The summed E-state index contributed by atoms with van der Waals surface area (Å²) in [7, 11) is 0. The van der Waals surface area contributed by atoms with Crippen molar-refractivity contribution in [3.05, 3.63) is 46.6 Å². The lowest BCUT2D eigenvalue weighted by Gasteiger charge is -2.21. The number of carbonyl (C=O) groups excluding carboxylic acids is 2. The maximum atomic E-state index is 12.7. The van der Waals surface area contributed by atoms with E-state index in [0.717, 1.165) is 45.5 Å². The fraction of sp³-hybridized carbons (Fsp3) is 0.385. The quantitative estimate of drug-likeness (QED) is 0.368. The summed E-state index contributed by atoms with van der Waals surface area (Å²) in [6.45, 7) is 10.4. The molecule has 0 aliphatic carbocycles. The topological polar surface area (TPSA) is 59.4 Å². The number of nitrogens with zero attached hydrogens (tertiary/aromatic N) is 2. The van der Waals surface area contributed by atoms with Crippen molar-refractivity contribution in [1.82, 2.24) is 4.98 Å². The third-order valence-corrected chi connectivity index (χ3v) is 7.18. The molecule has 0 unspecified atom stereocenters. The van der Waals surface area contributed by atoms with Crippen LogP contribution in [0.3, 0.4) is 0 Å². The molecular weight excluding hydrogens is 404 g/mol. The molecule has 3 heterocycles. The highest BCUT2D eigenvalue weighted by Crippen LogP contribution is 2.49. The van der Waals surface area contributed by atoms with Gasteiger partial charge in [0.25, 0.3) is 0 Å². The van der Waals surface area contributed by atoms with Crippen molar-refractivity contribution in [3.8, 4) is 11.1 Å². The lowest BCUT2D eigenvalue weighted by atomic mass is 9.80. The highest BCUT2D eigenvalue weighted by molar-refractivity contribution is 7.17. The molecule has 0 radical (unpaired) electrons. The number of hydrogen-bond acceptors (Lipinski definition) is 5. The van der Waals surface area contributed by atoms with Crippen LogP contribution in [0.4, 0.5) is 5.69 Å². The second kappa shape index (κ2) is 8.12. The fourth-order valence-corrected chi connectivity index (χ4v) is 5.06. The smallest absolute Gasteiger partial charge is 0.181 e. The minimum Gasteiger partial charge on any atom is -0.292 e. The zero-order valence-electron chi connectivity index (χ0n) is 18.8. The second-order valence-corrected chi connectivity index (χ2v) is 9.69. The van der Waals surface area contributed by atoms with Gasteiger partial charge in [0.2, 0.25) is 0 Å². The molecule has 0 N–H and O–H groups in total. The number of Topliss-reactive ketones (excluding diaryl/α,β-unsaturated/α-hetero) is 2. The van der Waals surface area contributed by atoms with Crippen LogP contribution in [0, 0.1) is 0 Å². The summed E-state index contributed by atoms with van der Waals surface area (Å²) < 4.78 is 1.13. The number of benzene rings is 1. The van der Waals surface area contributed by atoms with Crippen LogP contribution >= 0.6 is 11.3 Å². The van der Waals surface area contributed by atoms with E-state index in [0.29, 0.717) is 24.2 Å². The van der Waals surface area contributed by atoms with Crippen LogP contribution in [0.1, 0.15) is 86.8 Å². The predicted molar refractivity (Wildman–Crippen MR) is 129 cm³/mol. The van der Waals surface area contributed by atoms with E-state index in [1.54, 1.807) is 11.3 Å². The Bertz CT molecular complexity index is 1200. The molecule has 0 spiro atoms. The highest BCUT2D eigenvalue weighted by Gasteiger charge is 2.34. The molecule has 0 fully saturated rings. The van der Waals surface area contributed by atoms with Crippen LogP contribution in [-0.4, -0.2) is 22.3 Å². The van der Waals surface area contributed by atoms with E-state index in [9.17, 15) is 9.59 Å². The minimum atomic E-state index is -0.158. The number of thiophene rings is 1. The van der Waals surface area contributed by atoms with Gasteiger partial charge in [-0.25, -0.2) is 4.98 Å². The molecule has 4 nitrogen and oxygen atoms in total. The van der Waals surface area contributed by atoms with Gasteiger partial charge < -0.3 is 0 Å². The number of aliphatic imine (C=N–C) groups is 1. The first-order chi connectivity index (χ1) is 14.8. The van der Waals surface area contributed by atoms with Gasteiger partial charge in [-0.3, -0.25) is 14.6 Å². The summed E-state index contributed by atoms with van der Waals surface area (Å²) in [4.78, 5) is 34.8. The Balaban J connectivity index is 1.96. The van der Waals surface area contributed by atoms with Crippen LogP contribution < -0.4 is 0 Å². The molecule has 0 atom stereocenters. The summed E-state index contributed by atoms with van der Waals surface area (Å²) >= 11 is 1.67. The summed E-state index contributed by atoms with van der Waals surface area (Å²) in [6.07, 6.45) is 2.36. The zero-order valence-corrected chi connectivity index (χ0v) is 19.7. The molecule has 4 rings (SSSR count). The molecular formula is C26H28N2O2S. The SMILES string of the molecule is CCCC(=O)c1cc(-c2cc3c(c4ccsc24)N=C(C)C3(C)C)cc(C(=O)CCC)n1. The highest BCUT2D eigenvalue weighted by atomic mass is 32.1. The van der Waals surface area contributed by atoms with Gasteiger partial charge in [-0.15, -0.1) is 11.3 Å². The Labute approximate surface area is 187 Å². The first-order valence-electron chi connectivity index (χ1n) is 11.0. The van der Waals surface area contributed by atoms with Crippen molar-refractivity contribution in [2.24, 2.45) is 4.99 Å². The van der Waals surface area contributed by atoms with Gasteiger partial charge in [0, 0.05) is 39.6 Å². The number of rotatable bonds is 7. The number of carbonyl (C=O) groups is 2. The van der Waals surface area contributed by atoms with Crippen molar-refractivity contribution < 1.29 is 9.59 Å². The van der Waals surface area contributed by atoms with E-state index in [2.05, 4.69) is 43.3 Å². The second-order valence-electron chi connectivity index (χ2n) is 8.78. The average Bonchev–Trinajstić information content (AvgIpc) is 3.31. The normalized spacial score (nSPS) is 14.5. The lowest BCUT2D eigenvalue weighted by molar-refractivity contribution is 0.0973. The molecule has 3 aromatic rings. The lowest BCUT2D eigenvalue weighted by Crippen LogP contribution is -2.22. The van der Waals surface area contributed by atoms with E-state index < -0.39 is 0 Å². The number of pyridine rings is 1. The monoisotopic (exact) mass is 432 g/mol. The van der Waals surface area contributed by atoms with Crippen molar-refractivity contribution in [2.45, 2.75) is 65.7 Å². The first kappa shape index (κ1) is 21.6. The molecule has 0 saturated heterocycles. The Morgan fingerprint density at radius 2 is 1.61 bits per heavy atom. The first-order valence-corrected chi connectivity index (χ1v) is 11.8.